The summed E-state index contributed by atoms with van der Waals surface area (Å²) in [5.41, 5.74) is 3.06. The lowest BCUT2D eigenvalue weighted by molar-refractivity contribution is 0.0765. The highest BCUT2D eigenvalue weighted by Crippen LogP contribution is 2.18. The van der Waals surface area contributed by atoms with Crippen LogP contribution < -0.4 is 4.74 Å². The average Bonchev–Trinajstić information content (AvgIpc) is 2.88. The minimum absolute atomic E-state index is 0.0659. The second kappa shape index (κ2) is 7.28. The number of hydrogen-bond acceptors (Lipinski definition) is 5. The second-order valence-corrected chi connectivity index (χ2v) is 5.38. The van der Waals surface area contributed by atoms with E-state index in [-0.39, 0.29) is 23.7 Å². The summed E-state index contributed by atoms with van der Waals surface area (Å²) in [5, 5.41) is 0. The molecule has 1 aromatic carbocycles. The molecule has 0 aliphatic heterocycles. The minimum Gasteiger partial charge on any atom is -0.494 e. The van der Waals surface area contributed by atoms with Crippen molar-refractivity contribution in [1.29, 1.82) is 0 Å². The fraction of sp³-hybridized carbons (Fsp3) is 0.333. The maximum absolute atomic E-state index is 13.5. The number of halogens is 1. The molecule has 0 saturated carbocycles. The number of ether oxygens (including phenoxy) is 2. The van der Waals surface area contributed by atoms with E-state index < -0.39 is 5.82 Å². The molecule has 0 fully saturated rings. The molecule has 1 aromatic heterocycles. The Hall–Kier alpha value is -1.79. The van der Waals surface area contributed by atoms with Crippen LogP contribution >= 0.6 is 11.3 Å². The molecule has 0 spiro atoms. The number of benzene rings is 1. The Morgan fingerprint density at radius 2 is 2.24 bits per heavy atom. The predicted molar refractivity (Wildman–Crippen MR) is 78.7 cm³/mol. The molecular formula is C15H16FNO3S. The Labute approximate surface area is 126 Å². The largest absolute Gasteiger partial charge is 0.494 e. The molecule has 112 valence electrons. The van der Waals surface area contributed by atoms with Crippen molar-refractivity contribution in [2.45, 2.75) is 13.3 Å². The first-order valence-corrected chi connectivity index (χ1v) is 7.33. The van der Waals surface area contributed by atoms with E-state index in [1.165, 1.54) is 19.2 Å². The Balaban J connectivity index is 1.82. The molecule has 0 amide bonds. The van der Waals surface area contributed by atoms with Crippen molar-refractivity contribution >= 4 is 17.1 Å². The minimum atomic E-state index is -0.552. The van der Waals surface area contributed by atoms with Gasteiger partial charge in [0.1, 0.15) is 6.61 Å². The van der Waals surface area contributed by atoms with Crippen LogP contribution in [0, 0.1) is 12.7 Å². The van der Waals surface area contributed by atoms with E-state index in [1.807, 2.05) is 6.92 Å². The molecular weight excluding hydrogens is 293 g/mol. The predicted octanol–water partition coefficient (Wildman–Crippen LogP) is 3.04. The van der Waals surface area contributed by atoms with E-state index in [0.29, 0.717) is 6.61 Å². The number of methoxy groups -OCH3 is 1. The molecule has 2 rings (SSSR count). The fourth-order valence-electron chi connectivity index (χ4n) is 1.82. The van der Waals surface area contributed by atoms with Gasteiger partial charge in [0.15, 0.2) is 17.3 Å². The van der Waals surface area contributed by atoms with Gasteiger partial charge in [0.2, 0.25) is 0 Å². The third-order valence-electron chi connectivity index (χ3n) is 3.03. The lowest BCUT2D eigenvalue weighted by Gasteiger charge is -2.06. The zero-order valence-corrected chi connectivity index (χ0v) is 12.7. The second-order valence-electron chi connectivity index (χ2n) is 4.44. The van der Waals surface area contributed by atoms with Gasteiger partial charge in [-0.05, 0) is 25.1 Å². The molecule has 6 heteroatoms. The maximum atomic E-state index is 13.5. The quantitative estimate of drug-likeness (QED) is 0.582. The van der Waals surface area contributed by atoms with Crippen molar-refractivity contribution in [3.63, 3.8) is 0 Å². The molecule has 0 aliphatic rings. The van der Waals surface area contributed by atoms with Gasteiger partial charge in [-0.15, -0.1) is 11.3 Å². The number of ketones is 1. The van der Waals surface area contributed by atoms with Gasteiger partial charge in [0.25, 0.3) is 0 Å². The van der Waals surface area contributed by atoms with E-state index >= 15 is 0 Å². The van der Waals surface area contributed by atoms with Crippen molar-refractivity contribution in [2.75, 3.05) is 20.3 Å². The SMILES string of the molecule is COc1ccc(C(=O)COCCc2scnc2C)cc1F. The highest BCUT2D eigenvalue weighted by molar-refractivity contribution is 7.09. The number of hydrogen-bond donors (Lipinski definition) is 0. The van der Waals surface area contributed by atoms with Crippen LogP contribution in [0.1, 0.15) is 20.9 Å². The Morgan fingerprint density at radius 1 is 1.43 bits per heavy atom. The zero-order chi connectivity index (χ0) is 15.2. The molecule has 0 bridgehead atoms. The number of thiazole rings is 1. The van der Waals surface area contributed by atoms with Gasteiger partial charge in [-0.3, -0.25) is 4.79 Å². The van der Waals surface area contributed by atoms with Crippen LogP contribution in [-0.4, -0.2) is 31.1 Å². The van der Waals surface area contributed by atoms with Gasteiger partial charge >= 0.3 is 0 Å². The van der Waals surface area contributed by atoms with E-state index in [0.717, 1.165) is 23.1 Å². The Morgan fingerprint density at radius 3 is 2.86 bits per heavy atom. The molecule has 1 heterocycles. The summed E-state index contributed by atoms with van der Waals surface area (Å²) in [6.07, 6.45) is 0.723. The van der Waals surface area contributed by atoms with Crippen molar-refractivity contribution in [3.8, 4) is 5.75 Å². The summed E-state index contributed by atoms with van der Waals surface area (Å²) in [6.45, 7) is 2.31. The van der Waals surface area contributed by atoms with Gasteiger partial charge in [-0.1, -0.05) is 0 Å². The van der Waals surface area contributed by atoms with Gasteiger partial charge in [0, 0.05) is 16.9 Å². The molecule has 0 aliphatic carbocycles. The topological polar surface area (TPSA) is 48.4 Å². The first-order chi connectivity index (χ1) is 10.1. The molecule has 4 nitrogen and oxygen atoms in total. The lowest BCUT2D eigenvalue weighted by atomic mass is 10.1. The van der Waals surface area contributed by atoms with Crippen molar-refractivity contribution < 1.29 is 18.7 Å². The number of aromatic nitrogens is 1. The van der Waals surface area contributed by atoms with Crippen LogP contribution in [0.4, 0.5) is 4.39 Å². The number of aryl methyl sites for hydroxylation is 1. The maximum Gasteiger partial charge on any atom is 0.188 e. The van der Waals surface area contributed by atoms with E-state index in [4.69, 9.17) is 9.47 Å². The monoisotopic (exact) mass is 309 g/mol. The smallest absolute Gasteiger partial charge is 0.188 e. The summed E-state index contributed by atoms with van der Waals surface area (Å²) >= 11 is 1.57. The molecule has 2 aromatic rings. The summed E-state index contributed by atoms with van der Waals surface area (Å²) in [4.78, 5) is 17.2. The molecule has 0 saturated heterocycles. The van der Waals surface area contributed by atoms with Gasteiger partial charge in [-0.2, -0.15) is 0 Å². The van der Waals surface area contributed by atoms with E-state index in [1.54, 1.807) is 16.8 Å². The first-order valence-electron chi connectivity index (χ1n) is 6.45. The number of carbonyl (C=O) groups excluding carboxylic acids is 1. The van der Waals surface area contributed by atoms with Gasteiger partial charge in [0.05, 0.1) is 24.9 Å². The molecule has 0 radical (unpaired) electrons. The highest BCUT2D eigenvalue weighted by Gasteiger charge is 2.10. The number of carbonyl (C=O) groups is 1. The number of rotatable bonds is 7. The molecule has 21 heavy (non-hydrogen) atoms. The van der Waals surface area contributed by atoms with Crippen LogP contribution in [0.15, 0.2) is 23.7 Å². The van der Waals surface area contributed by atoms with Crippen LogP contribution in [-0.2, 0) is 11.2 Å². The average molecular weight is 309 g/mol. The molecule has 0 N–H and O–H groups in total. The third kappa shape index (κ3) is 4.09. The normalized spacial score (nSPS) is 10.6. The summed E-state index contributed by atoms with van der Waals surface area (Å²) in [5.74, 6) is -0.686. The lowest BCUT2D eigenvalue weighted by Crippen LogP contribution is -2.11. The standard InChI is InChI=1S/C15H16FNO3S/c1-10-15(21-9-17-10)5-6-20-8-13(18)11-3-4-14(19-2)12(16)7-11/h3-4,7,9H,5-6,8H2,1-2H3. The van der Waals surface area contributed by atoms with E-state index in [2.05, 4.69) is 4.98 Å². The number of nitrogens with zero attached hydrogens (tertiary/aromatic N) is 1. The highest BCUT2D eigenvalue weighted by atomic mass is 32.1. The van der Waals surface area contributed by atoms with Crippen LogP contribution in [0.5, 0.6) is 5.75 Å². The summed E-state index contributed by atoms with van der Waals surface area (Å²) in [6, 6.07) is 4.13. The van der Waals surface area contributed by atoms with Gasteiger partial charge < -0.3 is 9.47 Å². The molecule has 0 unspecified atom stereocenters. The summed E-state index contributed by atoms with van der Waals surface area (Å²) in [7, 11) is 1.38. The third-order valence-corrected chi connectivity index (χ3v) is 4.02. The Bertz CT molecular complexity index is 627. The first kappa shape index (κ1) is 15.6. The fourth-order valence-corrected chi connectivity index (χ4v) is 2.58. The zero-order valence-electron chi connectivity index (χ0n) is 11.9. The van der Waals surface area contributed by atoms with Crippen molar-refractivity contribution in [1.82, 2.24) is 4.98 Å². The van der Waals surface area contributed by atoms with Crippen LogP contribution in [0.25, 0.3) is 0 Å². The van der Waals surface area contributed by atoms with Gasteiger partial charge in [-0.25, -0.2) is 9.37 Å². The Kier molecular flexibility index (Phi) is 5.41. The van der Waals surface area contributed by atoms with Crippen molar-refractivity contribution in [3.05, 3.63) is 45.7 Å². The van der Waals surface area contributed by atoms with Crippen molar-refractivity contribution in [2.24, 2.45) is 0 Å². The molecule has 0 atom stereocenters. The van der Waals surface area contributed by atoms with E-state index in [9.17, 15) is 9.18 Å². The van der Waals surface area contributed by atoms with Crippen LogP contribution in [0.2, 0.25) is 0 Å². The number of Topliss-reactive ketones (excluding diaryl/α,β-unsaturated/α-hetero) is 1. The summed E-state index contributed by atoms with van der Waals surface area (Å²) < 4.78 is 23.7. The van der Waals surface area contributed by atoms with Crippen LogP contribution in [0.3, 0.4) is 0 Å².